The first-order valence-electron chi connectivity index (χ1n) is 9.54. The Kier molecular flexibility index (Phi) is 6.46. The quantitative estimate of drug-likeness (QED) is 0.489. The standard InChI is InChI=1S/C23H33N2Si/c1-16(2)19-14-11-15-20(17(3)4)21(19)25-26(22(24)23(5,6)7)18-12-9-8-10-13-18/h8-17,24-25H,1-7H3. The lowest BCUT2D eigenvalue weighted by atomic mass is 9.93. The van der Waals surface area contributed by atoms with Crippen molar-refractivity contribution in [1.29, 1.82) is 5.41 Å². The van der Waals surface area contributed by atoms with Crippen LogP contribution >= 0.6 is 0 Å². The highest BCUT2D eigenvalue weighted by Crippen LogP contribution is 2.33. The molecule has 0 unspecified atom stereocenters. The van der Waals surface area contributed by atoms with E-state index in [1.54, 1.807) is 0 Å². The summed E-state index contributed by atoms with van der Waals surface area (Å²) in [5.74, 6) is 0.887. The normalized spacial score (nSPS) is 12.1. The number of benzene rings is 2. The lowest BCUT2D eigenvalue weighted by molar-refractivity contribution is 0.596. The number of nitrogens with one attached hydrogen (secondary N) is 2. The van der Waals surface area contributed by atoms with E-state index in [1.807, 2.05) is 6.07 Å². The van der Waals surface area contributed by atoms with E-state index in [4.69, 9.17) is 5.41 Å². The van der Waals surface area contributed by atoms with Crippen LogP contribution in [0.1, 0.15) is 71.4 Å². The highest BCUT2D eigenvalue weighted by atomic mass is 28.3. The van der Waals surface area contributed by atoms with Crippen molar-refractivity contribution in [2.24, 2.45) is 5.41 Å². The predicted octanol–water partition coefficient (Wildman–Crippen LogP) is 5.85. The van der Waals surface area contributed by atoms with Crippen LogP contribution in [-0.2, 0) is 0 Å². The second kappa shape index (κ2) is 8.21. The summed E-state index contributed by atoms with van der Waals surface area (Å²) in [6.45, 7) is 15.4. The Hall–Kier alpha value is -1.87. The van der Waals surface area contributed by atoms with Crippen LogP contribution in [0.15, 0.2) is 48.5 Å². The summed E-state index contributed by atoms with van der Waals surface area (Å²) in [7, 11) is -1.39. The third kappa shape index (κ3) is 4.64. The minimum Gasteiger partial charge on any atom is -0.402 e. The van der Waals surface area contributed by atoms with E-state index in [1.165, 1.54) is 22.0 Å². The molecule has 2 aromatic carbocycles. The molecule has 26 heavy (non-hydrogen) atoms. The first kappa shape index (κ1) is 20.4. The Balaban J connectivity index is 2.58. The average molecular weight is 366 g/mol. The van der Waals surface area contributed by atoms with Gasteiger partial charge < -0.3 is 10.4 Å². The number of hydrogen-bond acceptors (Lipinski definition) is 2. The molecule has 2 N–H and O–H groups in total. The van der Waals surface area contributed by atoms with Gasteiger partial charge in [0.05, 0.1) is 0 Å². The fourth-order valence-corrected chi connectivity index (χ4v) is 5.45. The highest BCUT2D eigenvalue weighted by molar-refractivity contribution is 7.02. The van der Waals surface area contributed by atoms with Crippen molar-refractivity contribution >= 4 is 25.2 Å². The minimum atomic E-state index is -1.39. The lowest BCUT2D eigenvalue weighted by Crippen LogP contribution is -2.51. The van der Waals surface area contributed by atoms with Gasteiger partial charge in [-0.1, -0.05) is 97.0 Å². The summed E-state index contributed by atoms with van der Waals surface area (Å²) in [5, 5.41) is 11.0. The fraction of sp³-hybridized carbons (Fsp3) is 0.435. The maximum atomic E-state index is 8.92. The van der Waals surface area contributed by atoms with Crippen LogP contribution in [0, 0.1) is 10.8 Å². The van der Waals surface area contributed by atoms with Crippen LogP contribution < -0.4 is 10.2 Å². The number of hydrogen-bond donors (Lipinski definition) is 2. The highest BCUT2D eigenvalue weighted by Gasteiger charge is 2.31. The van der Waals surface area contributed by atoms with Gasteiger partial charge >= 0.3 is 0 Å². The Morgan fingerprint density at radius 1 is 0.846 bits per heavy atom. The fourth-order valence-electron chi connectivity index (χ4n) is 3.08. The Bertz CT molecular complexity index is 716. The molecule has 3 heteroatoms. The molecule has 0 aliphatic carbocycles. The van der Waals surface area contributed by atoms with E-state index < -0.39 is 8.96 Å². The smallest absolute Gasteiger partial charge is 0.254 e. The molecule has 0 aliphatic heterocycles. The number of para-hydroxylation sites is 1. The van der Waals surface area contributed by atoms with Crippen molar-refractivity contribution < 1.29 is 0 Å². The van der Waals surface area contributed by atoms with Crippen molar-refractivity contribution in [3.05, 3.63) is 59.7 Å². The van der Waals surface area contributed by atoms with Gasteiger partial charge in [-0.15, -0.1) is 0 Å². The maximum Gasteiger partial charge on any atom is 0.254 e. The number of rotatable bonds is 6. The van der Waals surface area contributed by atoms with E-state index in [-0.39, 0.29) is 5.41 Å². The van der Waals surface area contributed by atoms with Crippen molar-refractivity contribution in [1.82, 2.24) is 0 Å². The van der Waals surface area contributed by atoms with Crippen LogP contribution in [0.3, 0.4) is 0 Å². The summed E-state index contributed by atoms with van der Waals surface area (Å²) < 4.78 is 0. The van der Waals surface area contributed by atoms with Gasteiger partial charge in [0.1, 0.15) is 0 Å². The molecule has 0 amide bonds. The molecule has 0 aromatic heterocycles. The molecule has 0 heterocycles. The SMILES string of the molecule is CC(C)c1cccc(C(C)C)c1N[Si](C(=N)C(C)(C)C)c1ccccc1. The van der Waals surface area contributed by atoms with Gasteiger partial charge in [-0.3, -0.25) is 0 Å². The molecule has 0 bridgehead atoms. The van der Waals surface area contributed by atoms with Gasteiger partial charge in [0.25, 0.3) is 8.96 Å². The molecule has 0 saturated heterocycles. The van der Waals surface area contributed by atoms with E-state index in [0.29, 0.717) is 11.8 Å². The Morgan fingerprint density at radius 2 is 1.35 bits per heavy atom. The Labute approximate surface area is 161 Å². The first-order chi connectivity index (χ1) is 12.1. The van der Waals surface area contributed by atoms with Crippen LogP contribution in [0.5, 0.6) is 0 Å². The van der Waals surface area contributed by atoms with Gasteiger partial charge in [-0.2, -0.15) is 0 Å². The molecule has 1 radical (unpaired) electrons. The van der Waals surface area contributed by atoms with E-state index in [2.05, 4.69) is 95.9 Å². The van der Waals surface area contributed by atoms with Gasteiger partial charge in [0.15, 0.2) is 0 Å². The summed E-state index contributed by atoms with van der Waals surface area (Å²) in [4.78, 5) is 3.88. The third-order valence-corrected chi connectivity index (χ3v) is 7.35. The van der Waals surface area contributed by atoms with Crippen LogP contribution in [0.4, 0.5) is 5.69 Å². The van der Waals surface area contributed by atoms with Gasteiger partial charge in [0.2, 0.25) is 0 Å². The zero-order chi connectivity index (χ0) is 19.5. The molecule has 2 nitrogen and oxygen atoms in total. The average Bonchev–Trinajstić information content (AvgIpc) is 2.58. The molecule has 0 aliphatic rings. The largest absolute Gasteiger partial charge is 0.402 e. The second-order valence-electron chi connectivity index (χ2n) is 8.61. The van der Waals surface area contributed by atoms with Gasteiger partial charge in [-0.25, -0.2) is 0 Å². The molecule has 0 fully saturated rings. The topological polar surface area (TPSA) is 35.9 Å². The van der Waals surface area contributed by atoms with Crippen molar-refractivity contribution in [2.75, 3.05) is 4.98 Å². The zero-order valence-corrected chi connectivity index (χ0v) is 18.3. The van der Waals surface area contributed by atoms with E-state index >= 15 is 0 Å². The molecule has 139 valence electrons. The molecule has 0 saturated carbocycles. The monoisotopic (exact) mass is 365 g/mol. The second-order valence-corrected chi connectivity index (χ2v) is 10.7. The van der Waals surface area contributed by atoms with Crippen LogP contribution in [-0.4, -0.2) is 14.3 Å². The summed E-state index contributed by atoms with van der Waals surface area (Å²) >= 11 is 0. The van der Waals surface area contributed by atoms with Gasteiger partial charge in [0, 0.05) is 11.0 Å². The predicted molar refractivity (Wildman–Crippen MR) is 117 cm³/mol. The van der Waals surface area contributed by atoms with Crippen LogP contribution in [0.2, 0.25) is 0 Å². The lowest BCUT2D eigenvalue weighted by Gasteiger charge is -2.30. The summed E-state index contributed by atoms with van der Waals surface area (Å²) in [6, 6.07) is 17.1. The van der Waals surface area contributed by atoms with Gasteiger partial charge in [-0.05, 0) is 33.6 Å². The van der Waals surface area contributed by atoms with Crippen LogP contribution in [0.25, 0.3) is 0 Å². The maximum absolute atomic E-state index is 8.92. The summed E-state index contributed by atoms with van der Waals surface area (Å²) in [6.07, 6.45) is 0. The van der Waals surface area contributed by atoms with Crippen molar-refractivity contribution in [2.45, 2.75) is 60.3 Å². The number of anilines is 1. The molecule has 2 aromatic rings. The summed E-state index contributed by atoms with van der Waals surface area (Å²) in [5.41, 5.74) is 3.78. The van der Waals surface area contributed by atoms with E-state index in [0.717, 1.165) is 5.33 Å². The van der Waals surface area contributed by atoms with Crippen molar-refractivity contribution in [3.8, 4) is 0 Å². The molecule has 0 spiro atoms. The Morgan fingerprint density at radius 3 is 1.77 bits per heavy atom. The molecule has 0 atom stereocenters. The first-order valence-corrected chi connectivity index (χ1v) is 11.0. The zero-order valence-electron chi connectivity index (χ0n) is 17.3. The van der Waals surface area contributed by atoms with Crippen molar-refractivity contribution in [3.63, 3.8) is 0 Å². The molecule has 2 rings (SSSR count). The molecular formula is C23H33N2Si. The minimum absolute atomic E-state index is 0.151. The third-order valence-electron chi connectivity index (χ3n) is 4.69. The molecular weight excluding hydrogens is 332 g/mol. The van der Waals surface area contributed by atoms with E-state index in [9.17, 15) is 0 Å².